The molecule has 3 rings (SSSR count). The maximum atomic E-state index is 13.0. The van der Waals surface area contributed by atoms with E-state index in [1.54, 1.807) is 29.5 Å². The molecule has 0 atom stereocenters. The largest absolute Gasteiger partial charge is 0.467 e. The lowest BCUT2D eigenvalue weighted by Crippen LogP contribution is -2.49. The molecule has 7 nitrogen and oxygen atoms in total. The molecule has 1 aromatic carbocycles. The van der Waals surface area contributed by atoms with Gasteiger partial charge in [0.2, 0.25) is 0 Å². The number of sulfone groups is 1. The fourth-order valence-corrected chi connectivity index (χ4v) is 3.95. The first-order valence-corrected chi connectivity index (χ1v) is 10.4. The zero-order chi connectivity index (χ0) is 18.7. The van der Waals surface area contributed by atoms with Crippen molar-refractivity contribution in [2.24, 2.45) is 0 Å². The second kappa shape index (κ2) is 7.46. The first kappa shape index (κ1) is 18.4. The summed E-state index contributed by atoms with van der Waals surface area (Å²) in [4.78, 5) is 13.0. The van der Waals surface area contributed by atoms with Crippen molar-refractivity contribution in [1.29, 1.82) is 0 Å². The summed E-state index contributed by atoms with van der Waals surface area (Å²) in [5.41, 5.74) is 0.149. The van der Waals surface area contributed by atoms with Gasteiger partial charge < -0.3 is 9.73 Å². The van der Waals surface area contributed by atoms with Gasteiger partial charge in [-0.3, -0.25) is 9.80 Å². The molecular formula is C17H19N3O4S2. The highest BCUT2D eigenvalue weighted by molar-refractivity contribution is 7.90. The van der Waals surface area contributed by atoms with E-state index in [2.05, 4.69) is 5.32 Å². The van der Waals surface area contributed by atoms with Crippen LogP contribution in [0, 0.1) is 0 Å². The summed E-state index contributed by atoms with van der Waals surface area (Å²) in [5, 5.41) is 6.61. The van der Waals surface area contributed by atoms with Gasteiger partial charge in [0.25, 0.3) is 5.91 Å². The molecule has 9 heteroatoms. The van der Waals surface area contributed by atoms with Crippen LogP contribution in [-0.2, 0) is 16.4 Å². The van der Waals surface area contributed by atoms with Crippen LogP contribution in [0.5, 0.6) is 0 Å². The van der Waals surface area contributed by atoms with Gasteiger partial charge in [0, 0.05) is 19.3 Å². The number of amides is 1. The Morgan fingerprint density at radius 2 is 1.92 bits per heavy atom. The Balaban J connectivity index is 1.78. The van der Waals surface area contributed by atoms with Gasteiger partial charge in [0.1, 0.15) is 5.76 Å². The van der Waals surface area contributed by atoms with E-state index in [4.69, 9.17) is 16.6 Å². The third-order valence-corrected chi connectivity index (χ3v) is 5.52. The number of hydrazine groups is 1. The highest BCUT2D eigenvalue weighted by Gasteiger charge is 2.31. The fraction of sp³-hybridized carbons (Fsp3) is 0.294. The van der Waals surface area contributed by atoms with Crippen molar-refractivity contribution in [3.05, 3.63) is 54.0 Å². The average Bonchev–Trinajstić information content (AvgIpc) is 3.30. The van der Waals surface area contributed by atoms with E-state index >= 15 is 0 Å². The van der Waals surface area contributed by atoms with Crippen LogP contribution in [0.4, 0.5) is 0 Å². The molecule has 1 fully saturated rings. The smallest absolute Gasteiger partial charge is 0.273 e. The molecule has 0 unspecified atom stereocenters. The lowest BCUT2D eigenvalue weighted by atomic mass is 10.2. The average molecular weight is 393 g/mol. The van der Waals surface area contributed by atoms with Crippen molar-refractivity contribution in [2.75, 3.05) is 19.3 Å². The van der Waals surface area contributed by atoms with Crippen LogP contribution in [-0.4, -0.2) is 48.8 Å². The molecule has 1 aromatic heterocycles. The lowest BCUT2D eigenvalue weighted by Gasteiger charge is -2.30. The van der Waals surface area contributed by atoms with Crippen LogP contribution < -0.4 is 5.32 Å². The number of furan rings is 1. The Labute approximate surface area is 157 Å². The van der Waals surface area contributed by atoms with Crippen LogP contribution in [0.1, 0.15) is 22.5 Å². The van der Waals surface area contributed by atoms with Gasteiger partial charge in [-0.1, -0.05) is 12.1 Å². The number of thiocarbonyl (C=S) groups is 1. The van der Waals surface area contributed by atoms with Gasteiger partial charge in [-0.05, 0) is 42.9 Å². The Bertz CT molecular complexity index is 910. The number of hydrogen-bond donors (Lipinski definition) is 1. The molecule has 0 aliphatic carbocycles. The summed E-state index contributed by atoms with van der Waals surface area (Å²) < 4.78 is 29.2. The summed E-state index contributed by atoms with van der Waals surface area (Å²) in [5.74, 6) is 0.345. The predicted molar refractivity (Wildman–Crippen MR) is 100 cm³/mol. The quantitative estimate of drug-likeness (QED) is 0.794. The van der Waals surface area contributed by atoms with Gasteiger partial charge in [-0.25, -0.2) is 13.4 Å². The fourth-order valence-electron chi connectivity index (χ4n) is 2.81. The number of carbonyl (C=O) groups excluding carboxylic acids is 1. The monoisotopic (exact) mass is 393 g/mol. The summed E-state index contributed by atoms with van der Waals surface area (Å²) in [6, 6.07) is 9.82. The van der Waals surface area contributed by atoms with Gasteiger partial charge in [0.15, 0.2) is 14.9 Å². The minimum Gasteiger partial charge on any atom is -0.467 e. The van der Waals surface area contributed by atoms with Crippen molar-refractivity contribution in [1.82, 2.24) is 15.3 Å². The van der Waals surface area contributed by atoms with Gasteiger partial charge in [-0.2, -0.15) is 0 Å². The molecule has 1 saturated heterocycles. The lowest BCUT2D eigenvalue weighted by molar-refractivity contribution is 0.0487. The van der Waals surface area contributed by atoms with Crippen LogP contribution in [0.3, 0.4) is 0 Å². The Kier molecular flexibility index (Phi) is 5.28. The van der Waals surface area contributed by atoms with Crippen LogP contribution >= 0.6 is 12.2 Å². The van der Waals surface area contributed by atoms with Crippen molar-refractivity contribution >= 4 is 33.1 Å². The molecule has 0 saturated carbocycles. The van der Waals surface area contributed by atoms with E-state index < -0.39 is 9.84 Å². The zero-order valence-electron chi connectivity index (χ0n) is 14.2. The van der Waals surface area contributed by atoms with Crippen LogP contribution in [0.2, 0.25) is 0 Å². The number of nitrogens with zero attached hydrogens (tertiary/aromatic N) is 2. The minimum absolute atomic E-state index is 0.0197. The molecule has 0 bridgehead atoms. The summed E-state index contributed by atoms with van der Waals surface area (Å²) in [6.07, 6.45) is 3.42. The van der Waals surface area contributed by atoms with Gasteiger partial charge in [-0.15, -0.1) is 0 Å². The van der Waals surface area contributed by atoms with Crippen molar-refractivity contribution in [3.8, 4) is 0 Å². The van der Waals surface area contributed by atoms with E-state index in [9.17, 15) is 13.2 Å². The standard InChI is InChI=1S/C17H19N3O4S2/c1-26(22,23)15-8-3-2-7-14(15)16(21)19-9-5-10-20(19)17(25)18-12-13-6-4-11-24-13/h2-4,6-8,11H,5,9-10,12H2,1H3,(H,18,25). The second-order valence-electron chi connectivity index (χ2n) is 5.91. The number of rotatable bonds is 4. The molecule has 1 aliphatic heterocycles. The first-order valence-electron chi connectivity index (χ1n) is 8.06. The molecule has 1 aliphatic rings. The molecule has 1 amide bonds. The van der Waals surface area contributed by atoms with Gasteiger partial charge >= 0.3 is 0 Å². The van der Waals surface area contributed by atoms with E-state index in [0.717, 1.165) is 18.4 Å². The highest BCUT2D eigenvalue weighted by atomic mass is 32.2. The third-order valence-electron chi connectivity index (χ3n) is 4.01. The molecular weight excluding hydrogens is 374 g/mol. The van der Waals surface area contributed by atoms with E-state index in [-0.39, 0.29) is 16.4 Å². The van der Waals surface area contributed by atoms with E-state index in [1.165, 1.54) is 17.1 Å². The van der Waals surface area contributed by atoms with Crippen LogP contribution in [0.15, 0.2) is 52.0 Å². The molecule has 1 N–H and O–H groups in total. The topological polar surface area (TPSA) is 82.9 Å². The molecule has 2 aromatic rings. The molecule has 2 heterocycles. The molecule has 26 heavy (non-hydrogen) atoms. The van der Waals surface area contributed by atoms with Crippen molar-refractivity contribution in [3.63, 3.8) is 0 Å². The first-order chi connectivity index (χ1) is 12.4. The van der Waals surface area contributed by atoms with Crippen molar-refractivity contribution in [2.45, 2.75) is 17.9 Å². The SMILES string of the molecule is CS(=O)(=O)c1ccccc1C(=O)N1CCCN1C(=S)NCc1ccco1. The highest BCUT2D eigenvalue weighted by Crippen LogP contribution is 2.21. The number of hydrogen-bond acceptors (Lipinski definition) is 5. The maximum Gasteiger partial charge on any atom is 0.273 e. The maximum absolute atomic E-state index is 13.0. The zero-order valence-corrected chi connectivity index (χ0v) is 15.8. The molecule has 0 radical (unpaired) electrons. The summed E-state index contributed by atoms with van der Waals surface area (Å²) in [6.45, 7) is 1.46. The Morgan fingerprint density at radius 3 is 2.62 bits per heavy atom. The van der Waals surface area contributed by atoms with E-state index in [0.29, 0.717) is 24.7 Å². The molecule has 0 spiro atoms. The van der Waals surface area contributed by atoms with Gasteiger partial charge in [0.05, 0.1) is 23.3 Å². The minimum atomic E-state index is -3.51. The summed E-state index contributed by atoms with van der Waals surface area (Å²) in [7, 11) is -3.51. The van der Waals surface area contributed by atoms with E-state index in [1.807, 2.05) is 6.07 Å². The normalized spacial score (nSPS) is 14.5. The predicted octanol–water partition coefficient (Wildman–Crippen LogP) is 1.82. The number of benzene rings is 1. The Morgan fingerprint density at radius 1 is 1.19 bits per heavy atom. The second-order valence-corrected chi connectivity index (χ2v) is 8.28. The van der Waals surface area contributed by atoms with Crippen molar-refractivity contribution < 1.29 is 17.6 Å². The third kappa shape index (κ3) is 3.88. The summed E-state index contributed by atoms with van der Waals surface area (Å²) >= 11 is 5.40. The Hall–Kier alpha value is -2.39. The van der Waals surface area contributed by atoms with Crippen LogP contribution in [0.25, 0.3) is 0 Å². The number of nitrogens with one attached hydrogen (secondary N) is 1. The molecule has 138 valence electrons. The number of carbonyl (C=O) groups is 1.